The van der Waals surface area contributed by atoms with Crippen LogP contribution >= 0.6 is 11.6 Å². The second-order valence-corrected chi connectivity index (χ2v) is 4.38. The second kappa shape index (κ2) is 5.75. The van der Waals surface area contributed by atoms with E-state index in [1.165, 1.54) is 6.07 Å². The molecule has 4 N–H and O–H groups in total. The van der Waals surface area contributed by atoms with E-state index in [0.717, 1.165) is 6.07 Å². The van der Waals surface area contributed by atoms with Crippen LogP contribution in [0.15, 0.2) is 36.4 Å². The number of nitrogens with two attached hydrogens (primary N) is 1. The highest BCUT2D eigenvalue weighted by Crippen LogP contribution is 2.24. The van der Waals surface area contributed by atoms with Crippen molar-refractivity contribution < 1.29 is 13.6 Å². The maximum absolute atomic E-state index is 13.5. The molecule has 0 aliphatic heterocycles. The lowest BCUT2D eigenvalue weighted by atomic mass is 10.2. The average Bonchev–Trinajstić information content (AvgIpc) is 2.33. The first-order chi connectivity index (χ1) is 9.45. The highest BCUT2D eigenvalue weighted by Gasteiger charge is 2.12. The van der Waals surface area contributed by atoms with Crippen LogP contribution < -0.4 is 16.4 Å². The van der Waals surface area contributed by atoms with E-state index in [2.05, 4.69) is 10.6 Å². The van der Waals surface area contributed by atoms with Crippen LogP contribution in [0.1, 0.15) is 0 Å². The molecule has 0 saturated carbocycles. The lowest BCUT2D eigenvalue weighted by Crippen LogP contribution is -2.21. The van der Waals surface area contributed by atoms with Crippen LogP contribution in [0.4, 0.5) is 30.6 Å². The minimum atomic E-state index is -0.955. The molecule has 0 heterocycles. The van der Waals surface area contributed by atoms with Crippen LogP contribution in [0.5, 0.6) is 0 Å². The standard InChI is InChI=1S/C13H10ClF2N3O/c14-7-2-1-3-9(4-7)18-13(20)19-12-10(16)5-8(15)6-11(12)17/h1-6H,17H2,(H2,18,19,20). The number of urea groups is 1. The lowest BCUT2D eigenvalue weighted by Gasteiger charge is -2.11. The highest BCUT2D eigenvalue weighted by molar-refractivity contribution is 6.30. The van der Waals surface area contributed by atoms with Crippen molar-refractivity contribution >= 4 is 34.7 Å². The van der Waals surface area contributed by atoms with Gasteiger partial charge in [-0.25, -0.2) is 13.6 Å². The molecule has 0 atom stereocenters. The van der Waals surface area contributed by atoms with Crippen molar-refractivity contribution in [2.24, 2.45) is 0 Å². The number of halogens is 3. The fraction of sp³-hybridized carbons (Fsp3) is 0. The molecule has 2 rings (SSSR count). The van der Waals surface area contributed by atoms with Crippen LogP contribution in [0.3, 0.4) is 0 Å². The number of hydrogen-bond acceptors (Lipinski definition) is 2. The Hall–Kier alpha value is -2.34. The molecule has 0 aromatic heterocycles. The van der Waals surface area contributed by atoms with Gasteiger partial charge in [-0.3, -0.25) is 0 Å². The molecular weight excluding hydrogens is 288 g/mol. The van der Waals surface area contributed by atoms with Gasteiger partial charge in [0.25, 0.3) is 0 Å². The van der Waals surface area contributed by atoms with E-state index in [-0.39, 0.29) is 11.4 Å². The molecule has 0 radical (unpaired) electrons. The Morgan fingerprint density at radius 1 is 1.15 bits per heavy atom. The molecule has 7 heteroatoms. The van der Waals surface area contributed by atoms with Crippen LogP contribution in [0.25, 0.3) is 0 Å². The minimum absolute atomic E-state index is 0.205. The number of nitrogen functional groups attached to an aromatic ring is 1. The summed E-state index contributed by atoms with van der Waals surface area (Å²) in [6.45, 7) is 0. The van der Waals surface area contributed by atoms with E-state index in [4.69, 9.17) is 17.3 Å². The summed E-state index contributed by atoms with van der Waals surface area (Å²) in [5.41, 5.74) is 5.38. The van der Waals surface area contributed by atoms with E-state index in [9.17, 15) is 13.6 Å². The second-order valence-electron chi connectivity index (χ2n) is 3.94. The summed E-state index contributed by atoms with van der Waals surface area (Å²) >= 11 is 5.76. The zero-order valence-electron chi connectivity index (χ0n) is 10.1. The van der Waals surface area contributed by atoms with Crippen LogP contribution in [0, 0.1) is 11.6 Å². The quantitative estimate of drug-likeness (QED) is 0.737. The third-order valence-electron chi connectivity index (χ3n) is 2.41. The van der Waals surface area contributed by atoms with E-state index < -0.39 is 17.7 Å². The fourth-order valence-electron chi connectivity index (χ4n) is 1.57. The normalized spacial score (nSPS) is 10.2. The molecule has 4 nitrogen and oxygen atoms in total. The van der Waals surface area contributed by atoms with Gasteiger partial charge in [0.2, 0.25) is 0 Å². The van der Waals surface area contributed by atoms with Gasteiger partial charge in [-0.2, -0.15) is 0 Å². The Morgan fingerprint density at radius 3 is 2.55 bits per heavy atom. The number of carbonyl (C=O) groups excluding carboxylic acids is 1. The Morgan fingerprint density at radius 2 is 1.90 bits per heavy atom. The molecule has 0 spiro atoms. The number of anilines is 3. The number of nitrogens with one attached hydrogen (secondary N) is 2. The number of amides is 2. The topological polar surface area (TPSA) is 67.1 Å². The van der Waals surface area contributed by atoms with Crippen molar-refractivity contribution in [3.05, 3.63) is 53.1 Å². The van der Waals surface area contributed by atoms with Gasteiger partial charge in [0.05, 0.1) is 5.69 Å². The summed E-state index contributed by atoms with van der Waals surface area (Å²) in [5, 5.41) is 5.10. The van der Waals surface area contributed by atoms with Gasteiger partial charge in [0, 0.05) is 16.8 Å². The molecule has 2 aromatic rings. The van der Waals surface area contributed by atoms with E-state index in [1.807, 2.05) is 0 Å². The van der Waals surface area contributed by atoms with Gasteiger partial charge < -0.3 is 16.4 Å². The summed E-state index contributed by atoms with van der Waals surface area (Å²) in [7, 11) is 0. The maximum Gasteiger partial charge on any atom is 0.323 e. The van der Waals surface area contributed by atoms with Gasteiger partial charge >= 0.3 is 6.03 Å². The van der Waals surface area contributed by atoms with E-state index >= 15 is 0 Å². The minimum Gasteiger partial charge on any atom is -0.397 e. The van der Waals surface area contributed by atoms with Gasteiger partial charge in [-0.15, -0.1) is 0 Å². The Balaban J connectivity index is 2.13. The number of benzene rings is 2. The summed E-state index contributed by atoms with van der Waals surface area (Å²) in [4.78, 5) is 11.7. The Labute approximate surface area is 118 Å². The monoisotopic (exact) mass is 297 g/mol. The SMILES string of the molecule is Nc1cc(F)cc(F)c1NC(=O)Nc1cccc(Cl)c1. The number of hydrogen-bond donors (Lipinski definition) is 3. The third kappa shape index (κ3) is 3.36. The molecule has 0 unspecified atom stereocenters. The van der Waals surface area contributed by atoms with Gasteiger partial charge in [0.1, 0.15) is 11.5 Å². The summed E-state index contributed by atoms with van der Waals surface area (Å²) < 4.78 is 26.4. The summed E-state index contributed by atoms with van der Waals surface area (Å²) in [6.07, 6.45) is 0. The van der Waals surface area contributed by atoms with Crippen molar-refractivity contribution in [3.8, 4) is 0 Å². The average molecular weight is 298 g/mol. The first-order valence-electron chi connectivity index (χ1n) is 5.54. The zero-order valence-corrected chi connectivity index (χ0v) is 10.8. The van der Waals surface area contributed by atoms with Crippen molar-refractivity contribution in [1.29, 1.82) is 0 Å². The third-order valence-corrected chi connectivity index (χ3v) is 2.64. The molecule has 0 fully saturated rings. The molecule has 0 aliphatic carbocycles. The van der Waals surface area contributed by atoms with Gasteiger partial charge in [0.15, 0.2) is 5.82 Å². The highest BCUT2D eigenvalue weighted by atomic mass is 35.5. The van der Waals surface area contributed by atoms with Gasteiger partial charge in [-0.05, 0) is 24.3 Å². The molecule has 0 saturated heterocycles. The molecular formula is C13H10ClF2N3O. The first kappa shape index (κ1) is 14.1. The van der Waals surface area contributed by atoms with Gasteiger partial charge in [-0.1, -0.05) is 17.7 Å². The first-order valence-corrected chi connectivity index (χ1v) is 5.91. The molecule has 104 valence electrons. The van der Waals surface area contributed by atoms with Crippen LogP contribution in [-0.2, 0) is 0 Å². The van der Waals surface area contributed by atoms with E-state index in [0.29, 0.717) is 16.8 Å². The van der Waals surface area contributed by atoms with Crippen molar-refractivity contribution in [2.75, 3.05) is 16.4 Å². The largest absolute Gasteiger partial charge is 0.397 e. The lowest BCUT2D eigenvalue weighted by molar-refractivity contribution is 0.262. The molecule has 20 heavy (non-hydrogen) atoms. The van der Waals surface area contributed by atoms with Crippen molar-refractivity contribution in [3.63, 3.8) is 0 Å². The van der Waals surface area contributed by atoms with Crippen LogP contribution in [-0.4, -0.2) is 6.03 Å². The molecule has 0 aliphatic rings. The zero-order chi connectivity index (χ0) is 14.7. The smallest absolute Gasteiger partial charge is 0.323 e. The Kier molecular flexibility index (Phi) is 4.05. The maximum atomic E-state index is 13.5. The molecule has 2 aromatic carbocycles. The van der Waals surface area contributed by atoms with E-state index in [1.54, 1.807) is 18.2 Å². The molecule has 0 bridgehead atoms. The molecule has 2 amide bonds. The fourth-order valence-corrected chi connectivity index (χ4v) is 1.76. The van der Waals surface area contributed by atoms with Crippen LogP contribution in [0.2, 0.25) is 5.02 Å². The number of carbonyl (C=O) groups is 1. The van der Waals surface area contributed by atoms with Crippen molar-refractivity contribution in [2.45, 2.75) is 0 Å². The Bertz CT molecular complexity index is 641. The van der Waals surface area contributed by atoms with Crippen molar-refractivity contribution in [1.82, 2.24) is 0 Å². The summed E-state index contributed by atoms with van der Waals surface area (Å²) in [5.74, 6) is -1.77. The summed E-state index contributed by atoms with van der Waals surface area (Å²) in [6, 6.07) is 7.24. The predicted molar refractivity (Wildman–Crippen MR) is 74.9 cm³/mol. The number of rotatable bonds is 2. The predicted octanol–water partition coefficient (Wildman–Crippen LogP) is 3.84.